The first kappa shape index (κ1) is 9.01. The predicted molar refractivity (Wildman–Crippen MR) is 46.5 cm³/mol. The Balaban J connectivity index is 2.63. The number of aliphatic hydroxyl groups excluding tert-OH is 1. The third-order valence-corrected chi connectivity index (χ3v) is 3.23. The predicted octanol–water partition coefficient (Wildman–Crippen LogP) is 1.15. The summed E-state index contributed by atoms with van der Waals surface area (Å²) in [6, 6.07) is 0. The van der Waals surface area contributed by atoms with Gasteiger partial charge in [-0.1, -0.05) is 19.8 Å². The van der Waals surface area contributed by atoms with Gasteiger partial charge >= 0.3 is 0 Å². The van der Waals surface area contributed by atoms with Crippen LogP contribution in [-0.4, -0.2) is 24.3 Å². The Bertz CT molecular complexity index is 121. The molecule has 0 aromatic heterocycles. The standard InChI is InChI=1S/C9H19NO/c1-3-8-5-4-6-9(8,7-11)10-2/h8,10-11H,3-7H2,1-2H3. The van der Waals surface area contributed by atoms with Crippen molar-refractivity contribution >= 4 is 0 Å². The number of aliphatic hydroxyl groups is 1. The van der Waals surface area contributed by atoms with Crippen molar-refractivity contribution in [3.63, 3.8) is 0 Å². The molecular formula is C9H19NO. The minimum atomic E-state index is 0.0503. The van der Waals surface area contributed by atoms with Gasteiger partial charge in [0.25, 0.3) is 0 Å². The van der Waals surface area contributed by atoms with Crippen LogP contribution >= 0.6 is 0 Å². The lowest BCUT2D eigenvalue weighted by Crippen LogP contribution is -2.49. The molecule has 2 atom stereocenters. The van der Waals surface area contributed by atoms with E-state index in [1.54, 1.807) is 0 Å². The molecule has 0 aliphatic heterocycles. The molecule has 0 aromatic rings. The van der Waals surface area contributed by atoms with Crippen LogP contribution in [0.15, 0.2) is 0 Å². The number of hydrogen-bond acceptors (Lipinski definition) is 2. The molecule has 2 heteroatoms. The molecule has 0 radical (unpaired) electrons. The number of likely N-dealkylation sites (N-methyl/N-ethyl adjacent to an activating group) is 1. The van der Waals surface area contributed by atoms with Gasteiger partial charge in [-0.2, -0.15) is 0 Å². The highest BCUT2D eigenvalue weighted by Crippen LogP contribution is 2.36. The molecule has 2 N–H and O–H groups in total. The molecule has 1 rings (SSSR count). The lowest BCUT2D eigenvalue weighted by molar-refractivity contribution is 0.129. The Hall–Kier alpha value is -0.0800. The summed E-state index contributed by atoms with van der Waals surface area (Å²) in [5.41, 5.74) is 0.0503. The third-order valence-electron chi connectivity index (χ3n) is 3.23. The van der Waals surface area contributed by atoms with Crippen LogP contribution in [0.3, 0.4) is 0 Å². The molecule has 0 aromatic carbocycles. The fourth-order valence-corrected chi connectivity index (χ4v) is 2.36. The normalized spacial score (nSPS) is 37.9. The van der Waals surface area contributed by atoms with E-state index in [-0.39, 0.29) is 5.54 Å². The van der Waals surface area contributed by atoms with Crippen LogP contribution in [0.5, 0.6) is 0 Å². The Morgan fingerprint density at radius 1 is 1.64 bits per heavy atom. The highest BCUT2D eigenvalue weighted by Gasteiger charge is 2.39. The largest absolute Gasteiger partial charge is 0.394 e. The lowest BCUT2D eigenvalue weighted by atomic mass is 9.86. The van der Waals surface area contributed by atoms with Crippen molar-refractivity contribution in [2.75, 3.05) is 13.7 Å². The van der Waals surface area contributed by atoms with Crippen molar-refractivity contribution in [3.8, 4) is 0 Å². The summed E-state index contributed by atoms with van der Waals surface area (Å²) in [5, 5.41) is 12.5. The lowest BCUT2D eigenvalue weighted by Gasteiger charge is -2.32. The molecule has 1 saturated carbocycles. The molecule has 11 heavy (non-hydrogen) atoms. The zero-order valence-corrected chi connectivity index (χ0v) is 7.56. The summed E-state index contributed by atoms with van der Waals surface area (Å²) in [6.45, 7) is 2.50. The fraction of sp³-hybridized carbons (Fsp3) is 1.00. The van der Waals surface area contributed by atoms with Gasteiger partial charge in [0.15, 0.2) is 0 Å². The van der Waals surface area contributed by atoms with Gasteiger partial charge in [-0.15, -0.1) is 0 Å². The van der Waals surface area contributed by atoms with Crippen molar-refractivity contribution in [1.82, 2.24) is 5.32 Å². The van der Waals surface area contributed by atoms with Gasteiger partial charge < -0.3 is 10.4 Å². The van der Waals surface area contributed by atoms with Crippen LogP contribution < -0.4 is 5.32 Å². The SMILES string of the molecule is CCC1CCCC1(CO)NC. The second-order valence-electron chi connectivity index (χ2n) is 3.56. The molecule has 0 saturated heterocycles. The second-order valence-corrected chi connectivity index (χ2v) is 3.56. The van der Waals surface area contributed by atoms with Crippen molar-refractivity contribution in [2.24, 2.45) is 5.92 Å². The number of nitrogens with one attached hydrogen (secondary N) is 1. The van der Waals surface area contributed by atoms with E-state index in [0.717, 1.165) is 6.42 Å². The average molecular weight is 157 g/mol. The van der Waals surface area contributed by atoms with Crippen LogP contribution in [0, 0.1) is 5.92 Å². The van der Waals surface area contributed by atoms with Crippen molar-refractivity contribution in [1.29, 1.82) is 0 Å². The monoisotopic (exact) mass is 157 g/mol. The van der Waals surface area contributed by atoms with Crippen LogP contribution in [0.2, 0.25) is 0 Å². The molecule has 1 aliphatic rings. The van der Waals surface area contributed by atoms with E-state index < -0.39 is 0 Å². The van der Waals surface area contributed by atoms with Gasteiger partial charge in [-0.3, -0.25) is 0 Å². The van der Waals surface area contributed by atoms with E-state index >= 15 is 0 Å². The minimum absolute atomic E-state index is 0.0503. The summed E-state index contributed by atoms with van der Waals surface area (Å²) in [6.07, 6.45) is 4.86. The van der Waals surface area contributed by atoms with Crippen molar-refractivity contribution in [2.45, 2.75) is 38.1 Å². The first-order valence-electron chi connectivity index (χ1n) is 4.59. The van der Waals surface area contributed by atoms with Crippen molar-refractivity contribution < 1.29 is 5.11 Å². The van der Waals surface area contributed by atoms with Gasteiger partial charge in [0.1, 0.15) is 0 Å². The Kier molecular flexibility index (Phi) is 2.90. The van der Waals surface area contributed by atoms with Gasteiger partial charge in [-0.05, 0) is 25.8 Å². The smallest absolute Gasteiger partial charge is 0.0615 e. The number of hydrogen-bond donors (Lipinski definition) is 2. The molecule has 0 spiro atoms. The summed E-state index contributed by atoms with van der Waals surface area (Å²) < 4.78 is 0. The van der Waals surface area contributed by atoms with Crippen molar-refractivity contribution in [3.05, 3.63) is 0 Å². The maximum Gasteiger partial charge on any atom is 0.0615 e. The van der Waals surface area contributed by atoms with Gasteiger partial charge in [0, 0.05) is 5.54 Å². The fourth-order valence-electron chi connectivity index (χ4n) is 2.36. The van der Waals surface area contributed by atoms with Crippen LogP contribution in [0.25, 0.3) is 0 Å². The molecule has 1 aliphatic carbocycles. The maximum atomic E-state index is 9.26. The van der Waals surface area contributed by atoms with Gasteiger partial charge in [0.2, 0.25) is 0 Å². The molecule has 2 unspecified atom stereocenters. The highest BCUT2D eigenvalue weighted by atomic mass is 16.3. The van der Waals surface area contributed by atoms with Crippen LogP contribution in [0.1, 0.15) is 32.6 Å². The van der Waals surface area contributed by atoms with E-state index in [9.17, 15) is 5.11 Å². The van der Waals surface area contributed by atoms with E-state index in [4.69, 9.17) is 0 Å². The topological polar surface area (TPSA) is 32.3 Å². The van der Waals surface area contributed by atoms with Crippen LogP contribution in [0.4, 0.5) is 0 Å². The molecule has 66 valence electrons. The maximum absolute atomic E-state index is 9.26. The first-order chi connectivity index (χ1) is 5.29. The summed E-state index contributed by atoms with van der Waals surface area (Å²) in [4.78, 5) is 0. The molecule has 0 heterocycles. The minimum Gasteiger partial charge on any atom is -0.394 e. The highest BCUT2D eigenvalue weighted by molar-refractivity contribution is 4.97. The first-order valence-corrected chi connectivity index (χ1v) is 4.59. The molecule has 2 nitrogen and oxygen atoms in total. The average Bonchev–Trinajstić information content (AvgIpc) is 2.47. The van der Waals surface area contributed by atoms with E-state index in [1.807, 2.05) is 7.05 Å². The summed E-state index contributed by atoms with van der Waals surface area (Å²) in [7, 11) is 1.96. The zero-order chi connectivity index (χ0) is 8.32. The van der Waals surface area contributed by atoms with Gasteiger partial charge in [-0.25, -0.2) is 0 Å². The van der Waals surface area contributed by atoms with E-state index in [0.29, 0.717) is 12.5 Å². The summed E-state index contributed by atoms with van der Waals surface area (Å²) in [5.74, 6) is 0.678. The Morgan fingerprint density at radius 2 is 2.36 bits per heavy atom. The van der Waals surface area contributed by atoms with E-state index in [2.05, 4.69) is 12.2 Å². The summed E-state index contributed by atoms with van der Waals surface area (Å²) >= 11 is 0. The zero-order valence-electron chi connectivity index (χ0n) is 7.56. The van der Waals surface area contributed by atoms with Gasteiger partial charge in [0.05, 0.1) is 6.61 Å². The Labute approximate surface area is 69.0 Å². The third kappa shape index (κ3) is 1.42. The molecule has 0 bridgehead atoms. The molecule has 1 fully saturated rings. The van der Waals surface area contributed by atoms with E-state index in [1.165, 1.54) is 19.3 Å². The molecular weight excluding hydrogens is 138 g/mol. The molecule has 0 amide bonds. The second kappa shape index (κ2) is 3.55. The quantitative estimate of drug-likeness (QED) is 0.644. The van der Waals surface area contributed by atoms with Crippen LogP contribution in [-0.2, 0) is 0 Å². The Morgan fingerprint density at radius 3 is 2.73 bits per heavy atom. The number of rotatable bonds is 3.